The van der Waals surface area contributed by atoms with Crippen LogP contribution in [0.2, 0.25) is 0 Å². The molecule has 0 radical (unpaired) electrons. The molecule has 0 spiro atoms. The number of rotatable bonds is 29. The molecule has 1 unspecified atom stereocenters. The third-order valence-corrected chi connectivity index (χ3v) is 18.6. The summed E-state index contributed by atoms with van der Waals surface area (Å²) in [5.41, 5.74) is 9.85. The van der Waals surface area contributed by atoms with Crippen LogP contribution in [0.4, 0.5) is 0 Å². The zero-order valence-electron chi connectivity index (χ0n) is 40.4. The third kappa shape index (κ3) is 12.2. The van der Waals surface area contributed by atoms with Crippen LogP contribution in [0.5, 0.6) is 0 Å². The first-order valence-corrected chi connectivity index (χ1v) is 28.7. The average molecular weight is 957 g/mol. The highest BCUT2D eigenvalue weighted by atomic mass is 32.1. The Balaban J connectivity index is 1.33. The molecule has 4 nitrogen and oxygen atoms in total. The van der Waals surface area contributed by atoms with Crippen molar-refractivity contribution >= 4 is 73.6 Å². The van der Waals surface area contributed by atoms with E-state index in [1.807, 2.05) is 34.0 Å². The maximum Gasteiger partial charge on any atom is 0.294 e. The lowest BCUT2D eigenvalue weighted by molar-refractivity contribution is -0.131. The molecule has 0 aliphatic carbocycles. The number of ether oxygens (including phenoxy) is 1. The Hall–Kier alpha value is -4.00. The predicted molar refractivity (Wildman–Crippen MR) is 290 cm³/mol. The highest BCUT2D eigenvalue weighted by molar-refractivity contribution is 7.29. The fourth-order valence-corrected chi connectivity index (χ4v) is 15.0. The molecule has 2 aromatic carbocycles. The number of carbonyl (C=O) groups is 1. The first-order valence-electron chi connectivity index (χ1n) is 25.5. The van der Waals surface area contributed by atoms with E-state index >= 15 is 0 Å². The van der Waals surface area contributed by atoms with E-state index in [-0.39, 0.29) is 0 Å². The zero-order valence-corrected chi connectivity index (χ0v) is 43.7. The van der Waals surface area contributed by atoms with Crippen molar-refractivity contribution in [2.24, 2.45) is 0 Å². The van der Waals surface area contributed by atoms with Gasteiger partial charge in [0.25, 0.3) is 6.47 Å². The van der Waals surface area contributed by atoms with Crippen LogP contribution in [-0.4, -0.2) is 17.1 Å². The smallest absolute Gasteiger partial charge is 0.294 e. The number of nitriles is 1. The van der Waals surface area contributed by atoms with Gasteiger partial charge in [-0.05, 0) is 129 Å². The lowest BCUT2D eigenvalue weighted by atomic mass is 10.0. The monoisotopic (exact) mass is 956 g/mol. The second kappa shape index (κ2) is 25.4. The SMILES string of the molecule is CCCCCCc1cc(-c2sc(-c3sc(-c4sc(CC(C#N)OC=O)cc4CCCCCC)cc3CCCCCC)cc2CCCCCC)sc1-c1ccc2c(c1)c1ccccc1n2CC. The summed E-state index contributed by atoms with van der Waals surface area (Å²) in [6, 6.07) is 28.4. The van der Waals surface area contributed by atoms with Gasteiger partial charge >= 0.3 is 0 Å². The van der Waals surface area contributed by atoms with Crippen molar-refractivity contribution in [3.05, 3.63) is 93.9 Å². The van der Waals surface area contributed by atoms with Crippen LogP contribution < -0.4 is 0 Å². The van der Waals surface area contributed by atoms with Crippen molar-refractivity contribution in [1.82, 2.24) is 4.57 Å². The fourth-order valence-electron chi connectivity index (χ4n) is 9.70. The highest BCUT2D eigenvalue weighted by Gasteiger charge is 2.24. The number of aromatic nitrogens is 1. The van der Waals surface area contributed by atoms with E-state index in [1.54, 1.807) is 11.3 Å². The highest BCUT2D eigenvalue weighted by Crippen LogP contribution is 2.50. The molecule has 0 aliphatic heterocycles. The Labute approximate surface area is 412 Å². The molecule has 0 amide bonds. The quantitative estimate of drug-likeness (QED) is 0.0347. The van der Waals surface area contributed by atoms with Crippen molar-refractivity contribution in [3.63, 3.8) is 0 Å². The number of fused-ring (bicyclic) bond motifs is 3. The van der Waals surface area contributed by atoms with Gasteiger partial charge in [0, 0.05) is 73.8 Å². The molecule has 0 aliphatic rings. The number of hydrogen-bond acceptors (Lipinski definition) is 7. The van der Waals surface area contributed by atoms with Gasteiger partial charge in [0.2, 0.25) is 0 Å². The van der Waals surface area contributed by atoms with E-state index in [0.717, 1.165) is 43.5 Å². The Morgan fingerprint density at radius 2 is 1.02 bits per heavy atom. The third-order valence-electron chi connectivity index (χ3n) is 13.3. The number of unbranched alkanes of at least 4 members (excludes halogenated alkanes) is 12. The van der Waals surface area contributed by atoms with E-state index in [2.05, 4.69) is 112 Å². The minimum atomic E-state index is -0.768. The van der Waals surface area contributed by atoms with Crippen molar-refractivity contribution in [2.45, 2.75) is 182 Å². The number of carbonyl (C=O) groups excluding carboxylic acids is 1. The molecule has 7 aromatic rings. The number of hydrogen-bond donors (Lipinski definition) is 0. The van der Waals surface area contributed by atoms with Gasteiger partial charge in [-0.3, -0.25) is 4.79 Å². The van der Waals surface area contributed by atoms with E-state index < -0.39 is 6.10 Å². The van der Waals surface area contributed by atoms with Crippen LogP contribution in [0.25, 0.3) is 61.5 Å². The average Bonchev–Trinajstić information content (AvgIpc) is 4.18. The summed E-state index contributed by atoms with van der Waals surface area (Å²) in [5, 5.41) is 12.5. The second-order valence-electron chi connectivity index (χ2n) is 18.3. The first kappa shape index (κ1) is 49.9. The first-order chi connectivity index (χ1) is 32.4. The standard InChI is InChI=1S/C58H72N2O2S4/c1-6-11-15-19-25-41-33-47(38-46(39-59)62-40-61)63-56(41)52-36-43(27-21-17-13-8-3)58(65-52)54-37-44(28-22-18-14-9-4)57(66-54)53-35-42(26-20-16-12-7-2)55(64-53)45-31-32-51-49(34-45)48-29-23-24-30-50(48)60(51)10-5/h23-24,29-37,40,46H,6-22,25-28,38H2,1-5H3. The topological polar surface area (TPSA) is 55.0 Å². The van der Waals surface area contributed by atoms with Gasteiger partial charge in [-0.1, -0.05) is 129 Å². The van der Waals surface area contributed by atoms with Gasteiger partial charge in [-0.15, -0.1) is 45.3 Å². The summed E-state index contributed by atoms with van der Waals surface area (Å²) in [5.74, 6) is 0. The molecule has 7 rings (SSSR count). The van der Waals surface area contributed by atoms with E-state index in [4.69, 9.17) is 4.74 Å². The summed E-state index contributed by atoms with van der Waals surface area (Å²) in [6.45, 7) is 12.8. The van der Waals surface area contributed by atoms with Gasteiger partial charge < -0.3 is 9.30 Å². The molecule has 5 heterocycles. The number of aryl methyl sites for hydroxylation is 5. The molecule has 1 atom stereocenters. The van der Waals surface area contributed by atoms with Gasteiger partial charge in [0.05, 0.1) is 0 Å². The van der Waals surface area contributed by atoms with Crippen LogP contribution in [0.1, 0.15) is 164 Å². The maximum atomic E-state index is 11.2. The van der Waals surface area contributed by atoms with Crippen LogP contribution in [0, 0.1) is 11.3 Å². The van der Waals surface area contributed by atoms with Crippen molar-refractivity contribution in [3.8, 4) is 45.8 Å². The molecular formula is C58H72N2O2S4. The number of benzene rings is 2. The molecule has 0 fully saturated rings. The second-order valence-corrected chi connectivity index (χ2v) is 22.5. The minimum Gasteiger partial charge on any atom is -0.449 e. The molecular weight excluding hydrogens is 885 g/mol. The molecule has 0 saturated heterocycles. The number of para-hydroxylation sites is 1. The summed E-state index contributed by atoms with van der Waals surface area (Å²) in [4.78, 5) is 22.2. The van der Waals surface area contributed by atoms with Crippen molar-refractivity contribution in [1.29, 1.82) is 5.26 Å². The molecule has 8 heteroatoms. The van der Waals surface area contributed by atoms with Gasteiger partial charge in [-0.25, -0.2) is 0 Å². The number of nitrogens with zero attached hydrogens (tertiary/aromatic N) is 2. The Morgan fingerprint density at radius 3 is 1.52 bits per heavy atom. The zero-order chi connectivity index (χ0) is 46.3. The van der Waals surface area contributed by atoms with Crippen molar-refractivity contribution in [2.75, 3.05) is 0 Å². The Bertz CT molecular complexity index is 2660. The maximum absolute atomic E-state index is 11.2. The van der Waals surface area contributed by atoms with E-state index in [0.29, 0.717) is 12.9 Å². The Morgan fingerprint density at radius 1 is 0.545 bits per heavy atom. The minimum absolute atomic E-state index is 0.412. The largest absolute Gasteiger partial charge is 0.449 e. The van der Waals surface area contributed by atoms with Crippen LogP contribution >= 0.6 is 45.3 Å². The van der Waals surface area contributed by atoms with Gasteiger partial charge in [0.1, 0.15) is 6.07 Å². The lowest BCUT2D eigenvalue weighted by Crippen LogP contribution is -2.11. The molecule has 5 aromatic heterocycles. The predicted octanol–water partition coefficient (Wildman–Crippen LogP) is 18.8. The van der Waals surface area contributed by atoms with E-state index in [9.17, 15) is 10.1 Å². The summed E-state index contributed by atoms with van der Waals surface area (Å²) < 4.78 is 7.63. The van der Waals surface area contributed by atoms with Crippen LogP contribution in [0.3, 0.4) is 0 Å². The van der Waals surface area contributed by atoms with Gasteiger partial charge in [0.15, 0.2) is 6.10 Å². The Kier molecular flexibility index (Phi) is 19.2. The summed E-state index contributed by atoms with van der Waals surface area (Å²) in [7, 11) is 0. The molecule has 0 bridgehead atoms. The molecule has 350 valence electrons. The lowest BCUT2D eigenvalue weighted by Gasteiger charge is -2.06. The van der Waals surface area contributed by atoms with Crippen LogP contribution in [-0.2, 0) is 48.2 Å². The fraction of sp³-hybridized carbons (Fsp3) is 0.483. The summed E-state index contributed by atoms with van der Waals surface area (Å²) in [6.07, 6.45) is 23.8. The van der Waals surface area contributed by atoms with Crippen LogP contribution in [0.15, 0.2) is 66.7 Å². The molecule has 0 N–H and O–H groups in total. The molecule has 0 saturated carbocycles. The molecule has 66 heavy (non-hydrogen) atoms. The normalized spacial score (nSPS) is 12.1. The summed E-state index contributed by atoms with van der Waals surface area (Å²) >= 11 is 7.84. The number of thiophene rings is 4. The van der Waals surface area contributed by atoms with Crippen molar-refractivity contribution < 1.29 is 9.53 Å². The van der Waals surface area contributed by atoms with Gasteiger partial charge in [-0.2, -0.15) is 5.26 Å². The van der Waals surface area contributed by atoms with E-state index in [1.165, 1.54) is 180 Å².